The summed E-state index contributed by atoms with van der Waals surface area (Å²) in [6, 6.07) is 8.31. The number of aromatic amines is 1. The average molecular weight is 314 g/mol. The number of nitrogens with zero attached hydrogens (tertiary/aromatic N) is 1. The Hall–Kier alpha value is -2.63. The Morgan fingerprint density at radius 2 is 1.87 bits per heavy atom. The molecule has 0 amide bonds. The van der Waals surface area contributed by atoms with E-state index in [1.807, 2.05) is 18.2 Å². The van der Waals surface area contributed by atoms with Crippen molar-refractivity contribution < 1.29 is 9.90 Å². The lowest BCUT2D eigenvalue weighted by molar-refractivity contribution is 0.0689. The molecular formula is C17H18N2O4. The van der Waals surface area contributed by atoms with E-state index in [1.165, 1.54) is 19.3 Å². The Labute approximate surface area is 132 Å². The quantitative estimate of drug-likeness (QED) is 0.909. The van der Waals surface area contributed by atoms with Gasteiger partial charge in [0.25, 0.3) is 5.56 Å². The topological polar surface area (TPSA) is 92.2 Å². The molecule has 1 aromatic heterocycles. The summed E-state index contributed by atoms with van der Waals surface area (Å²) >= 11 is 0. The van der Waals surface area contributed by atoms with E-state index < -0.39 is 22.9 Å². The summed E-state index contributed by atoms with van der Waals surface area (Å²) in [5, 5.41) is 8.89. The fraction of sp³-hybridized carbons (Fsp3) is 0.353. The normalized spacial score (nSPS) is 15.5. The molecule has 0 spiro atoms. The van der Waals surface area contributed by atoms with Gasteiger partial charge in [-0.15, -0.1) is 0 Å². The van der Waals surface area contributed by atoms with Gasteiger partial charge in [0.05, 0.1) is 5.69 Å². The first-order valence-electron chi connectivity index (χ1n) is 7.76. The predicted octanol–water partition coefficient (Wildman–Crippen LogP) is 2.27. The van der Waals surface area contributed by atoms with Crippen LogP contribution < -0.4 is 11.2 Å². The van der Waals surface area contributed by atoms with E-state index in [0.717, 1.165) is 29.0 Å². The Bertz CT molecular complexity index is 813. The molecule has 3 rings (SSSR count). The fourth-order valence-electron chi connectivity index (χ4n) is 3.21. The summed E-state index contributed by atoms with van der Waals surface area (Å²) in [7, 11) is 0. The van der Waals surface area contributed by atoms with Gasteiger partial charge in [0.2, 0.25) is 0 Å². The highest BCUT2D eigenvalue weighted by Gasteiger charge is 2.17. The molecule has 1 saturated carbocycles. The molecule has 0 unspecified atom stereocenters. The first-order valence-corrected chi connectivity index (χ1v) is 7.76. The van der Waals surface area contributed by atoms with Crippen LogP contribution in [0.25, 0.3) is 5.69 Å². The van der Waals surface area contributed by atoms with Crippen LogP contribution in [0.1, 0.15) is 54.1 Å². The number of aromatic nitrogens is 2. The van der Waals surface area contributed by atoms with Crippen molar-refractivity contribution in [3.63, 3.8) is 0 Å². The molecule has 2 N–H and O–H groups in total. The van der Waals surface area contributed by atoms with Gasteiger partial charge in [-0.1, -0.05) is 31.4 Å². The second-order valence-corrected chi connectivity index (χ2v) is 5.90. The molecule has 0 aliphatic heterocycles. The molecule has 1 aliphatic rings. The van der Waals surface area contributed by atoms with E-state index in [9.17, 15) is 14.4 Å². The van der Waals surface area contributed by atoms with Crippen molar-refractivity contribution in [3.8, 4) is 5.69 Å². The van der Waals surface area contributed by atoms with Crippen LogP contribution in [0.4, 0.5) is 0 Å². The molecular weight excluding hydrogens is 296 g/mol. The van der Waals surface area contributed by atoms with Crippen molar-refractivity contribution in [1.29, 1.82) is 0 Å². The maximum Gasteiger partial charge on any atom is 0.352 e. The van der Waals surface area contributed by atoms with Gasteiger partial charge in [-0.25, -0.2) is 14.2 Å². The summed E-state index contributed by atoms with van der Waals surface area (Å²) in [5.74, 6) is -0.876. The number of benzene rings is 1. The third-order valence-electron chi connectivity index (χ3n) is 4.37. The van der Waals surface area contributed by atoms with Crippen LogP contribution >= 0.6 is 0 Å². The van der Waals surface area contributed by atoms with Crippen LogP contribution in [0, 0.1) is 0 Å². The van der Waals surface area contributed by atoms with E-state index >= 15 is 0 Å². The smallest absolute Gasteiger partial charge is 0.352 e. The number of hydrogen-bond donors (Lipinski definition) is 2. The maximum atomic E-state index is 12.1. The van der Waals surface area contributed by atoms with Crippen LogP contribution in [0.15, 0.2) is 39.9 Å². The Morgan fingerprint density at radius 3 is 2.52 bits per heavy atom. The number of rotatable bonds is 3. The monoisotopic (exact) mass is 314 g/mol. The van der Waals surface area contributed by atoms with Gasteiger partial charge in [-0.2, -0.15) is 0 Å². The number of carbonyl (C=O) groups is 1. The molecule has 2 aromatic rings. The van der Waals surface area contributed by atoms with E-state index in [1.54, 1.807) is 6.07 Å². The summed E-state index contributed by atoms with van der Waals surface area (Å²) in [5.41, 5.74) is -0.200. The number of hydrogen-bond acceptors (Lipinski definition) is 3. The molecule has 0 atom stereocenters. The molecule has 1 heterocycles. The van der Waals surface area contributed by atoms with Gasteiger partial charge < -0.3 is 10.1 Å². The predicted molar refractivity (Wildman–Crippen MR) is 85.4 cm³/mol. The molecule has 0 radical (unpaired) electrons. The zero-order chi connectivity index (χ0) is 16.4. The lowest BCUT2D eigenvalue weighted by atomic mass is 9.84. The highest BCUT2D eigenvalue weighted by atomic mass is 16.4. The van der Waals surface area contributed by atoms with Crippen LogP contribution in [0.2, 0.25) is 0 Å². The van der Waals surface area contributed by atoms with Gasteiger partial charge in [-0.05, 0) is 36.5 Å². The summed E-state index contributed by atoms with van der Waals surface area (Å²) in [6.45, 7) is 0. The zero-order valence-electron chi connectivity index (χ0n) is 12.6. The number of H-pyrrole nitrogens is 1. The molecule has 1 aromatic carbocycles. The molecule has 0 bridgehead atoms. The molecule has 23 heavy (non-hydrogen) atoms. The van der Waals surface area contributed by atoms with Gasteiger partial charge in [0.15, 0.2) is 0 Å². The second kappa shape index (κ2) is 6.24. The van der Waals surface area contributed by atoms with E-state index in [-0.39, 0.29) is 0 Å². The Morgan fingerprint density at radius 1 is 1.13 bits per heavy atom. The number of aromatic carboxylic acids is 1. The lowest BCUT2D eigenvalue weighted by Gasteiger charge is -2.22. The number of carboxylic acid groups (broad SMARTS) is 1. The van der Waals surface area contributed by atoms with E-state index in [4.69, 9.17) is 5.11 Å². The first-order chi connectivity index (χ1) is 11.1. The van der Waals surface area contributed by atoms with Gasteiger partial charge >= 0.3 is 11.7 Å². The van der Waals surface area contributed by atoms with Crippen LogP contribution in [-0.4, -0.2) is 20.6 Å². The molecule has 6 nitrogen and oxygen atoms in total. The highest BCUT2D eigenvalue weighted by molar-refractivity contribution is 5.84. The highest BCUT2D eigenvalue weighted by Crippen LogP contribution is 2.33. The van der Waals surface area contributed by atoms with Crippen LogP contribution in [-0.2, 0) is 0 Å². The molecule has 0 saturated heterocycles. The Balaban J connectivity index is 2.04. The lowest BCUT2D eigenvalue weighted by Crippen LogP contribution is -2.35. The van der Waals surface area contributed by atoms with Crippen molar-refractivity contribution in [2.24, 2.45) is 0 Å². The van der Waals surface area contributed by atoms with Crippen molar-refractivity contribution >= 4 is 5.97 Å². The first kappa shape index (κ1) is 15.3. The van der Waals surface area contributed by atoms with Gasteiger partial charge in [0.1, 0.15) is 5.69 Å². The number of carboxylic acids is 1. The standard InChI is InChI=1S/C17H18N2O4/c20-15-10-14(16(21)22)18-17(23)19(15)13-8-4-7-12(9-13)11-5-2-1-3-6-11/h4,7-11H,1-3,5-6H2,(H,18,23)(H,21,22). The molecule has 1 aliphatic carbocycles. The largest absolute Gasteiger partial charge is 0.477 e. The summed E-state index contributed by atoms with van der Waals surface area (Å²) < 4.78 is 0.971. The van der Waals surface area contributed by atoms with E-state index in [2.05, 4.69) is 4.98 Å². The van der Waals surface area contributed by atoms with Crippen molar-refractivity contribution in [2.45, 2.75) is 38.0 Å². The fourth-order valence-corrected chi connectivity index (χ4v) is 3.21. The molecule has 1 fully saturated rings. The maximum absolute atomic E-state index is 12.1. The van der Waals surface area contributed by atoms with Gasteiger partial charge in [0, 0.05) is 6.07 Å². The Kier molecular flexibility index (Phi) is 4.14. The van der Waals surface area contributed by atoms with Crippen molar-refractivity contribution in [2.75, 3.05) is 0 Å². The number of nitrogens with one attached hydrogen (secondary N) is 1. The molecule has 6 heteroatoms. The summed E-state index contributed by atoms with van der Waals surface area (Å²) in [4.78, 5) is 37.3. The SMILES string of the molecule is O=C(O)c1cc(=O)n(-c2cccc(C3CCCCC3)c2)c(=O)[nH]1. The minimum absolute atomic E-state index is 0.403. The van der Waals surface area contributed by atoms with Crippen LogP contribution in [0.3, 0.4) is 0 Å². The minimum Gasteiger partial charge on any atom is -0.477 e. The third kappa shape index (κ3) is 3.11. The molecule has 120 valence electrons. The van der Waals surface area contributed by atoms with Crippen molar-refractivity contribution in [3.05, 3.63) is 62.4 Å². The summed E-state index contributed by atoms with van der Waals surface area (Å²) in [6.07, 6.45) is 5.89. The van der Waals surface area contributed by atoms with Crippen molar-refractivity contribution in [1.82, 2.24) is 9.55 Å². The average Bonchev–Trinajstić information content (AvgIpc) is 2.55. The van der Waals surface area contributed by atoms with Gasteiger partial charge in [-0.3, -0.25) is 4.79 Å². The zero-order valence-corrected chi connectivity index (χ0v) is 12.6. The second-order valence-electron chi connectivity index (χ2n) is 5.90. The third-order valence-corrected chi connectivity index (χ3v) is 4.37. The van der Waals surface area contributed by atoms with E-state index in [0.29, 0.717) is 11.6 Å². The minimum atomic E-state index is -1.33. The van der Waals surface area contributed by atoms with Crippen LogP contribution in [0.5, 0.6) is 0 Å².